The van der Waals surface area contributed by atoms with Crippen LogP contribution in [0.3, 0.4) is 0 Å². The molecule has 0 amide bonds. The summed E-state index contributed by atoms with van der Waals surface area (Å²) in [5.74, 6) is 0.659. The Hall–Kier alpha value is -3.74. The lowest BCUT2D eigenvalue weighted by atomic mass is 10.1. The maximum atomic E-state index is 13.0. The van der Waals surface area contributed by atoms with Crippen LogP contribution in [0.25, 0.3) is 32.5 Å². The van der Waals surface area contributed by atoms with Gasteiger partial charge in [-0.2, -0.15) is 5.10 Å². The van der Waals surface area contributed by atoms with E-state index < -0.39 is 6.10 Å². The molecule has 3 aromatic carbocycles. The maximum absolute atomic E-state index is 13.0. The molecule has 1 unspecified atom stereocenters. The van der Waals surface area contributed by atoms with Gasteiger partial charge < -0.3 is 9.84 Å². The molecule has 0 aliphatic carbocycles. The fourth-order valence-corrected chi connectivity index (χ4v) is 4.50. The lowest BCUT2D eigenvalue weighted by Crippen LogP contribution is -2.32. The molecule has 0 saturated heterocycles. The van der Waals surface area contributed by atoms with Crippen molar-refractivity contribution in [3.63, 3.8) is 0 Å². The van der Waals surface area contributed by atoms with Crippen molar-refractivity contribution >= 4 is 22.1 Å². The van der Waals surface area contributed by atoms with E-state index in [2.05, 4.69) is 17.2 Å². The van der Waals surface area contributed by atoms with Gasteiger partial charge in [0.2, 0.25) is 0 Å². The number of thiophene rings is 1. The Morgan fingerprint density at radius 3 is 2.27 bits per heavy atom. The minimum absolute atomic E-state index is 0.0458. The zero-order valence-electron chi connectivity index (χ0n) is 17.8. The molecule has 2 aromatic heterocycles. The summed E-state index contributed by atoms with van der Waals surface area (Å²) in [4.78, 5) is 14.0. The summed E-state index contributed by atoms with van der Waals surface area (Å²) in [5.41, 5.74) is 2.74. The van der Waals surface area contributed by atoms with Crippen molar-refractivity contribution in [1.82, 2.24) is 9.78 Å². The third-order valence-electron chi connectivity index (χ3n) is 5.41. The monoisotopic (exact) mass is 454 g/mol. The van der Waals surface area contributed by atoms with Gasteiger partial charge in [0.25, 0.3) is 5.56 Å². The minimum atomic E-state index is -0.888. The molecular formula is C27H22N2O3S. The van der Waals surface area contributed by atoms with E-state index in [1.54, 1.807) is 17.4 Å². The molecule has 1 N–H and O–H groups in total. The van der Waals surface area contributed by atoms with Gasteiger partial charge in [0.1, 0.15) is 24.2 Å². The average molecular weight is 455 g/mol. The second-order valence-corrected chi connectivity index (χ2v) is 8.66. The van der Waals surface area contributed by atoms with Gasteiger partial charge in [0.05, 0.1) is 16.8 Å². The number of aliphatic hydroxyl groups is 1. The zero-order chi connectivity index (χ0) is 22.6. The number of hydrogen-bond acceptors (Lipinski definition) is 5. The molecule has 0 bridgehead atoms. The van der Waals surface area contributed by atoms with Crippen LogP contribution in [-0.4, -0.2) is 27.6 Å². The highest BCUT2D eigenvalue weighted by Crippen LogP contribution is 2.28. The highest BCUT2D eigenvalue weighted by Gasteiger charge is 2.15. The van der Waals surface area contributed by atoms with Gasteiger partial charge in [-0.05, 0) is 40.8 Å². The lowest BCUT2D eigenvalue weighted by molar-refractivity contribution is 0.0882. The first-order chi connectivity index (χ1) is 16.2. The third-order valence-corrected chi connectivity index (χ3v) is 6.29. The van der Waals surface area contributed by atoms with Gasteiger partial charge in [-0.25, -0.2) is 4.68 Å². The van der Waals surface area contributed by atoms with E-state index in [1.165, 1.54) is 4.68 Å². The molecule has 0 aliphatic rings. The van der Waals surface area contributed by atoms with Crippen LogP contribution in [0.2, 0.25) is 0 Å². The summed E-state index contributed by atoms with van der Waals surface area (Å²) < 4.78 is 7.11. The molecule has 1 atom stereocenters. The fourth-order valence-electron chi connectivity index (χ4n) is 3.77. The number of ether oxygens (including phenoxy) is 1. The highest BCUT2D eigenvalue weighted by molar-refractivity contribution is 7.13. The van der Waals surface area contributed by atoms with E-state index in [1.807, 2.05) is 78.2 Å². The van der Waals surface area contributed by atoms with E-state index in [9.17, 15) is 9.90 Å². The summed E-state index contributed by atoms with van der Waals surface area (Å²) >= 11 is 1.57. The first-order valence-corrected chi connectivity index (χ1v) is 11.6. The quantitative estimate of drug-likeness (QED) is 0.366. The first-order valence-electron chi connectivity index (χ1n) is 10.7. The van der Waals surface area contributed by atoms with Crippen molar-refractivity contribution in [1.29, 1.82) is 0 Å². The highest BCUT2D eigenvalue weighted by atomic mass is 32.1. The van der Waals surface area contributed by atoms with Crippen molar-refractivity contribution in [3.8, 4) is 27.4 Å². The minimum Gasteiger partial charge on any atom is -0.491 e. The number of hydrogen-bond donors (Lipinski definition) is 1. The Bertz CT molecular complexity index is 1410. The predicted octanol–water partition coefficient (Wildman–Crippen LogP) is 5.23. The van der Waals surface area contributed by atoms with E-state index in [0.717, 1.165) is 27.1 Å². The second kappa shape index (κ2) is 9.40. The normalized spacial score (nSPS) is 12.0. The number of aliphatic hydroxyl groups excluding tert-OH is 1. The summed E-state index contributed by atoms with van der Waals surface area (Å²) in [6, 6.07) is 29.2. The van der Waals surface area contributed by atoms with Crippen molar-refractivity contribution < 1.29 is 9.84 Å². The molecule has 5 aromatic rings. The van der Waals surface area contributed by atoms with Gasteiger partial charge in [0.15, 0.2) is 0 Å². The number of nitrogens with zero attached hydrogens (tertiary/aromatic N) is 2. The summed E-state index contributed by atoms with van der Waals surface area (Å²) in [6.45, 7) is 0.101. The third kappa shape index (κ3) is 4.58. The SMILES string of the molecule is O=c1c2ccccc2c(-c2cccs2)nn1CC(O)COc1ccc(-c2ccccc2)cc1. The second-order valence-electron chi connectivity index (χ2n) is 7.71. The van der Waals surface area contributed by atoms with Crippen LogP contribution in [0.5, 0.6) is 5.75 Å². The van der Waals surface area contributed by atoms with E-state index in [0.29, 0.717) is 11.1 Å². The van der Waals surface area contributed by atoms with Crippen molar-refractivity contribution in [2.75, 3.05) is 6.61 Å². The molecule has 5 rings (SSSR count). The van der Waals surface area contributed by atoms with Crippen LogP contribution in [0.1, 0.15) is 0 Å². The first kappa shape index (κ1) is 21.1. The average Bonchev–Trinajstić information content (AvgIpc) is 3.40. The largest absolute Gasteiger partial charge is 0.491 e. The molecule has 6 heteroatoms. The van der Waals surface area contributed by atoms with Crippen molar-refractivity contribution in [3.05, 3.63) is 107 Å². The lowest BCUT2D eigenvalue weighted by Gasteiger charge is -2.15. The van der Waals surface area contributed by atoms with Gasteiger partial charge in [0, 0.05) is 5.39 Å². The van der Waals surface area contributed by atoms with Crippen LogP contribution in [0, 0.1) is 0 Å². The van der Waals surface area contributed by atoms with Gasteiger partial charge in [-0.3, -0.25) is 4.79 Å². The standard InChI is InChI=1S/C27H22N2O3S/c30-21(18-32-22-14-12-20(13-15-22)19-7-2-1-3-8-19)17-29-27(31)24-10-5-4-9-23(24)26(28-29)25-11-6-16-33-25/h1-16,21,30H,17-18H2. The van der Waals surface area contributed by atoms with E-state index >= 15 is 0 Å². The fraction of sp³-hybridized carbons (Fsp3) is 0.111. The molecule has 0 aliphatic heterocycles. The topological polar surface area (TPSA) is 64.4 Å². The predicted molar refractivity (Wildman–Crippen MR) is 133 cm³/mol. The molecular weight excluding hydrogens is 432 g/mol. The smallest absolute Gasteiger partial charge is 0.274 e. The van der Waals surface area contributed by atoms with E-state index in [4.69, 9.17) is 4.74 Å². The number of fused-ring (bicyclic) bond motifs is 1. The van der Waals surface area contributed by atoms with Crippen molar-refractivity contribution in [2.45, 2.75) is 12.6 Å². The Morgan fingerprint density at radius 2 is 1.55 bits per heavy atom. The van der Waals surface area contributed by atoms with Crippen LogP contribution in [-0.2, 0) is 6.54 Å². The van der Waals surface area contributed by atoms with Gasteiger partial charge in [-0.15, -0.1) is 11.3 Å². The summed E-state index contributed by atoms with van der Waals surface area (Å²) in [5, 5.41) is 18.5. The summed E-state index contributed by atoms with van der Waals surface area (Å²) in [6.07, 6.45) is -0.888. The molecule has 0 radical (unpaired) electrons. The molecule has 0 spiro atoms. The zero-order valence-corrected chi connectivity index (χ0v) is 18.6. The molecule has 5 nitrogen and oxygen atoms in total. The molecule has 0 fully saturated rings. The Labute approximate surface area is 195 Å². The molecule has 164 valence electrons. The maximum Gasteiger partial charge on any atom is 0.274 e. The Morgan fingerprint density at radius 1 is 0.848 bits per heavy atom. The van der Waals surface area contributed by atoms with E-state index in [-0.39, 0.29) is 18.7 Å². The van der Waals surface area contributed by atoms with Crippen LogP contribution < -0.4 is 10.3 Å². The molecule has 2 heterocycles. The van der Waals surface area contributed by atoms with Crippen LogP contribution in [0.15, 0.2) is 101 Å². The summed E-state index contributed by atoms with van der Waals surface area (Å²) in [7, 11) is 0. The molecule has 33 heavy (non-hydrogen) atoms. The Kier molecular flexibility index (Phi) is 6.02. The van der Waals surface area contributed by atoms with Crippen LogP contribution >= 0.6 is 11.3 Å². The molecule has 0 saturated carbocycles. The number of benzene rings is 3. The number of aromatic nitrogens is 2. The Balaban J connectivity index is 1.32. The van der Waals surface area contributed by atoms with Crippen LogP contribution in [0.4, 0.5) is 0 Å². The van der Waals surface area contributed by atoms with Gasteiger partial charge >= 0.3 is 0 Å². The number of rotatable bonds is 7. The van der Waals surface area contributed by atoms with Gasteiger partial charge in [-0.1, -0.05) is 66.7 Å². The van der Waals surface area contributed by atoms with Crippen molar-refractivity contribution in [2.24, 2.45) is 0 Å².